The van der Waals surface area contributed by atoms with Crippen LogP contribution in [0.4, 0.5) is 5.69 Å². The SMILES string of the molecule is CCN(CC)Cc1ccccc1NC1CC(C)CC(C)C1. The highest BCUT2D eigenvalue weighted by atomic mass is 15.1. The van der Waals surface area contributed by atoms with E-state index in [9.17, 15) is 0 Å². The molecule has 1 fully saturated rings. The van der Waals surface area contributed by atoms with E-state index in [2.05, 4.69) is 62.2 Å². The van der Waals surface area contributed by atoms with Crippen LogP contribution in [0.5, 0.6) is 0 Å². The van der Waals surface area contributed by atoms with E-state index in [0.29, 0.717) is 6.04 Å². The molecule has 1 saturated carbocycles. The van der Waals surface area contributed by atoms with E-state index in [1.54, 1.807) is 0 Å². The van der Waals surface area contributed by atoms with Crippen molar-refractivity contribution in [1.29, 1.82) is 0 Å². The average Bonchev–Trinajstić information content (AvgIpc) is 2.45. The Labute approximate surface area is 130 Å². The summed E-state index contributed by atoms with van der Waals surface area (Å²) in [6.07, 6.45) is 4.01. The maximum absolute atomic E-state index is 3.84. The first kappa shape index (κ1) is 16.4. The lowest BCUT2D eigenvalue weighted by Crippen LogP contribution is -2.31. The molecule has 118 valence electrons. The summed E-state index contributed by atoms with van der Waals surface area (Å²) in [5.41, 5.74) is 2.78. The average molecular weight is 288 g/mol. The number of nitrogens with one attached hydrogen (secondary N) is 1. The molecule has 1 aliphatic rings. The van der Waals surface area contributed by atoms with Gasteiger partial charge in [0.2, 0.25) is 0 Å². The Morgan fingerprint density at radius 3 is 2.24 bits per heavy atom. The second-order valence-corrected chi connectivity index (χ2v) is 6.88. The normalized spacial score (nSPS) is 26.0. The quantitative estimate of drug-likeness (QED) is 0.811. The van der Waals surface area contributed by atoms with Gasteiger partial charge in [0, 0.05) is 18.3 Å². The van der Waals surface area contributed by atoms with Crippen LogP contribution in [0.3, 0.4) is 0 Å². The molecule has 0 radical (unpaired) electrons. The van der Waals surface area contributed by atoms with Gasteiger partial charge in [-0.25, -0.2) is 0 Å². The Morgan fingerprint density at radius 2 is 1.62 bits per heavy atom. The molecule has 2 heteroatoms. The van der Waals surface area contributed by atoms with E-state index < -0.39 is 0 Å². The van der Waals surface area contributed by atoms with Crippen LogP contribution in [-0.2, 0) is 6.54 Å². The van der Waals surface area contributed by atoms with E-state index in [-0.39, 0.29) is 0 Å². The summed E-state index contributed by atoms with van der Waals surface area (Å²) in [6, 6.07) is 9.49. The van der Waals surface area contributed by atoms with Crippen LogP contribution in [0.2, 0.25) is 0 Å². The minimum atomic E-state index is 0.640. The van der Waals surface area contributed by atoms with Gasteiger partial charge in [0.25, 0.3) is 0 Å². The summed E-state index contributed by atoms with van der Waals surface area (Å²) in [5.74, 6) is 1.70. The van der Waals surface area contributed by atoms with Crippen LogP contribution < -0.4 is 5.32 Å². The summed E-state index contributed by atoms with van der Waals surface area (Å²) in [6.45, 7) is 12.5. The number of benzene rings is 1. The van der Waals surface area contributed by atoms with Gasteiger partial charge in [-0.3, -0.25) is 4.90 Å². The second-order valence-electron chi connectivity index (χ2n) is 6.88. The third kappa shape index (κ3) is 4.74. The van der Waals surface area contributed by atoms with E-state index in [1.807, 2.05) is 0 Å². The molecule has 2 unspecified atom stereocenters. The predicted octanol–water partition coefficient (Wildman–Crippen LogP) is 4.77. The Kier molecular flexibility index (Phi) is 6.10. The van der Waals surface area contributed by atoms with E-state index in [4.69, 9.17) is 0 Å². The molecule has 0 aliphatic heterocycles. The van der Waals surface area contributed by atoms with Gasteiger partial charge in [-0.05, 0) is 55.8 Å². The molecule has 0 saturated heterocycles. The highest BCUT2D eigenvalue weighted by molar-refractivity contribution is 5.51. The van der Waals surface area contributed by atoms with Crippen LogP contribution in [-0.4, -0.2) is 24.0 Å². The Balaban J connectivity index is 2.05. The van der Waals surface area contributed by atoms with Crippen LogP contribution in [0.1, 0.15) is 52.5 Å². The van der Waals surface area contributed by atoms with Crippen molar-refractivity contribution in [2.75, 3.05) is 18.4 Å². The lowest BCUT2D eigenvalue weighted by atomic mass is 9.80. The molecule has 21 heavy (non-hydrogen) atoms. The van der Waals surface area contributed by atoms with Crippen molar-refractivity contribution in [3.05, 3.63) is 29.8 Å². The molecule has 1 aliphatic carbocycles. The number of hydrogen-bond donors (Lipinski definition) is 1. The largest absolute Gasteiger partial charge is 0.382 e. The van der Waals surface area contributed by atoms with Crippen molar-refractivity contribution in [1.82, 2.24) is 4.90 Å². The lowest BCUT2D eigenvalue weighted by Gasteiger charge is -2.33. The minimum absolute atomic E-state index is 0.640. The molecule has 1 N–H and O–H groups in total. The van der Waals surface area contributed by atoms with Crippen molar-refractivity contribution in [3.8, 4) is 0 Å². The maximum atomic E-state index is 3.84. The molecule has 1 aromatic carbocycles. The number of rotatable bonds is 6. The van der Waals surface area contributed by atoms with Gasteiger partial charge in [-0.1, -0.05) is 45.9 Å². The molecular formula is C19H32N2. The molecule has 1 aromatic rings. The van der Waals surface area contributed by atoms with E-state index in [0.717, 1.165) is 31.5 Å². The monoisotopic (exact) mass is 288 g/mol. The Bertz CT molecular complexity index is 415. The first-order valence-electron chi connectivity index (χ1n) is 8.69. The van der Waals surface area contributed by atoms with Crippen molar-refractivity contribution in [2.45, 2.75) is 59.5 Å². The summed E-state index contributed by atoms with van der Waals surface area (Å²) in [4.78, 5) is 2.48. The fraction of sp³-hybridized carbons (Fsp3) is 0.684. The predicted molar refractivity (Wildman–Crippen MR) is 92.7 cm³/mol. The Morgan fingerprint density at radius 1 is 1.00 bits per heavy atom. The molecular weight excluding hydrogens is 256 g/mol. The molecule has 2 nitrogen and oxygen atoms in total. The van der Waals surface area contributed by atoms with Gasteiger partial charge < -0.3 is 5.32 Å². The van der Waals surface area contributed by atoms with Crippen molar-refractivity contribution < 1.29 is 0 Å². The molecule has 0 amide bonds. The van der Waals surface area contributed by atoms with E-state index >= 15 is 0 Å². The molecule has 0 bridgehead atoms. The highest BCUT2D eigenvalue weighted by Gasteiger charge is 2.24. The number of nitrogens with zero attached hydrogens (tertiary/aromatic N) is 1. The fourth-order valence-electron chi connectivity index (χ4n) is 3.77. The zero-order valence-corrected chi connectivity index (χ0v) is 14.2. The topological polar surface area (TPSA) is 15.3 Å². The fourth-order valence-corrected chi connectivity index (χ4v) is 3.77. The minimum Gasteiger partial charge on any atom is -0.382 e. The standard InChI is InChI=1S/C19H32N2/c1-5-21(6-2)14-17-9-7-8-10-19(17)20-18-12-15(3)11-16(4)13-18/h7-10,15-16,18,20H,5-6,11-14H2,1-4H3. The van der Waals surface area contributed by atoms with Gasteiger partial charge >= 0.3 is 0 Å². The molecule has 2 atom stereocenters. The van der Waals surface area contributed by atoms with Gasteiger partial charge in [0.05, 0.1) is 0 Å². The van der Waals surface area contributed by atoms with E-state index in [1.165, 1.54) is 30.5 Å². The molecule has 2 rings (SSSR count). The number of para-hydroxylation sites is 1. The summed E-state index contributed by atoms with van der Waals surface area (Å²) in [5, 5.41) is 3.84. The third-order valence-corrected chi connectivity index (χ3v) is 4.84. The zero-order chi connectivity index (χ0) is 15.2. The maximum Gasteiger partial charge on any atom is 0.0388 e. The summed E-state index contributed by atoms with van der Waals surface area (Å²) in [7, 11) is 0. The van der Waals surface area contributed by atoms with Gasteiger partial charge in [0.1, 0.15) is 0 Å². The van der Waals surface area contributed by atoms with Crippen molar-refractivity contribution >= 4 is 5.69 Å². The lowest BCUT2D eigenvalue weighted by molar-refractivity contribution is 0.279. The first-order chi connectivity index (χ1) is 10.1. The number of anilines is 1. The van der Waals surface area contributed by atoms with Crippen LogP contribution >= 0.6 is 0 Å². The van der Waals surface area contributed by atoms with Crippen molar-refractivity contribution in [2.24, 2.45) is 11.8 Å². The zero-order valence-electron chi connectivity index (χ0n) is 14.2. The van der Waals surface area contributed by atoms with Crippen LogP contribution in [0.15, 0.2) is 24.3 Å². The number of hydrogen-bond acceptors (Lipinski definition) is 2. The summed E-state index contributed by atoms with van der Waals surface area (Å²) < 4.78 is 0. The molecule has 0 heterocycles. The van der Waals surface area contributed by atoms with Crippen LogP contribution in [0.25, 0.3) is 0 Å². The smallest absolute Gasteiger partial charge is 0.0388 e. The Hall–Kier alpha value is -1.02. The van der Waals surface area contributed by atoms with Crippen LogP contribution in [0, 0.1) is 11.8 Å². The molecule has 0 aromatic heterocycles. The van der Waals surface area contributed by atoms with Gasteiger partial charge in [-0.15, -0.1) is 0 Å². The van der Waals surface area contributed by atoms with Crippen molar-refractivity contribution in [3.63, 3.8) is 0 Å². The third-order valence-electron chi connectivity index (χ3n) is 4.84. The highest BCUT2D eigenvalue weighted by Crippen LogP contribution is 2.31. The van der Waals surface area contributed by atoms with Gasteiger partial charge in [0.15, 0.2) is 0 Å². The van der Waals surface area contributed by atoms with Gasteiger partial charge in [-0.2, -0.15) is 0 Å². The first-order valence-corrected chi connectivity index (χ1v) is 8.69. The molecule has 0 spiro atoms. The second kappa shape index (κ2) is 7.84. The summed E-state index contributed by atoms with van der Waals surface area (Å²) >= 11 is 0.